The molecule has 0 spiro atoms. The number of hydrogen-bond acceptors (Lipinski definition) is 3. The highest BCUT2D eigenvalue weighted by atomic mass is 16.5. The van der Waals surface area contributed by atoms with Gasteiger partial charge >= 0.3 is 5.97 Å². The summed E-state index contributed by atoms with van der Waals surface area (Å²) in [6.45, 7) is 0. The molecule has 0 fully saturated rings. The van der Waals surface area contributed by atoms with Gasteiger partial charge in [-0.3, -0.25) is 4.68 Å². The van der Waals surface area contributed by atoms with Crippen LogP contribution in [0.3, 0.4) is 0 Å². The van der Waals surface area contributed by atoms with Crippen molar-refractivity contribution < 1.29 is 9.53 Å². The number of aryl methyl sites for hydroxylation is 1. The van der Waals surface area contributed by atoms with Crippen LogP contribution in [0.25, 0.3) is 22.2 Å². The normalized spacial score (nSPS) is 10.7. The molecular formula is C16H14N2O2. The summed E-state index contributed by atoms with van der Waals surface area (Å²) < 4.78 is 6.53. The van der Waals surface area contributed by atoms with Crippen LogP contribution in [0, 0.1) is 0 Å². The number of aromatic nitrogens is 2. The molecule has 3 rings (SSSR count). The molecule has 0 atom stereocenters. The predicted molar refractivity (Wildman–Crippen MR) is 77.5 cm³/mol. The van der Waals surface area contributed by atoms with Crippen LogP contribution in [-0.2, 0) is 11.8 Å². The van der Waals surface area contributed by atoms with E-state index in [0.717, 1.165) is 22.2 Å². The second-order valence-corrected chi connectivity index (χ2v) is 4.56. The maximum absolute atomic E-state index is 11.6. The largest absolute Gasteiger partial charge is 0.465 e. The molecule has 100 valence electrons. The molecule has 20 heavy (non-hydrogen) atoms. The summed E-state index contributed by atoms with van der Waals surface area (Å²) in [7, 11) is 3.25. The molecule has 3 aromatic rings. The van der Waals surface area contributed by atoms with E-state index in [2.05, 4.69) is 5.10 Å². The zero-order valence-electron chi connectivity index (χ0n) is 11.3. The van der Waals surface area contributed by atoms with Gasteiger partial charge in [-0.2, -0.15) is 5.10 Å². The molecule has 0 saturated carbocycles. The SMILES string of the molecule is COC(=O)c1ccc2c(-c3ccccc3)nn(C)c2c1. The van der Waals surface area contributed by atoms with Gasteiger partial charge in [0.25, 0.3) is 0 Å². The predicted octanol–water partition coefficient (Wildman–Crippen LogP) is 3.03. The Labute approximate surface area is 116 Å². The van der Waals surface area contributed by atoms with Crippen molar-refractivity contribution in [3.05, 3.63) is 54.1 Å². The number of hydrogen-bond donors (Lipinski definition) is 0. The highest BCUT2D eigenvalue weighted by molar-refractivity contribution is 5.99. The summed E-state index contributed by atoms with van der Waals surface area (Å²) in [4.78, 5) is 11.6. The van der Waals surface area contributed by atoms with E-state index < -0.39 is 0 Å². The van der Waals surface area contributed by atoms with Crippen molar-refractivity contribution in [2.24, 2.45) is 7.05 Å². The lowest BCUT2D eigenvalue weighted by molar-refractivity contribution is 0.0601. The molecule has 0 aliphatic carbocycles. The fourth-order valence-electron chi connectivity index (χ4n) is 2.31. The number of fused-ring (bicyclic) bond motifs is 1. The first kappa shape index (κ1) is 12.4. The zero-order valence-corrected chi connectivity index (χ0v) is 11.3. The molecule has 0 unspecified atom stereocenters. The Morgan fingerprint density at radius 3 is 2.60 bits per heavy atom. The minimum atomic E-state index is -0.339. The third-order valence-corrected chi connectivity index (χ3v) is 3.32. The number of carbonyl (C=O) groups excluding carboxylic acids is 1. The Bertz CT molecular complexity index is 776. The van der Waals surface area contributed by atoms with Crippen LogP contribution in [0.5, 0.6) is 0 Å². The number of carbonyl (C=O) groups is 1. The Hall–Kier alpha value is -2.62. The lowest BCUT2D eigenvalue weighted by atomic mass is 10.1. The van der Waals surface area contributed by atoms with Gasteiger partial charge in [0.2, 0.25) is 0 Å². The van der Waals surface area contributed by atoms with Crippen LogP contribution < -0.4 is 0 Å². The molecule has 4 nitrogen and oxygen atoms in total. The molecule has 0 amide bonds. The number of ether oxygens (including phenoxy) is 1. The minimum Gasteiger partial charge on any atom is -0.465 e. The smallest absolute Gasteiger partial charge is 0.337 e. The fraction of sp³-hybridized carbons (Fsp3) is 0.125. The monoisotopic (exact) mass is 266 g/mol. The van der Waals surface area contributed by atoms with Gasteiger partial charge in [-0.25, -0.2) is 4.79 Å². The zero-order chi connectivity index (χ0) is 14.1. The van der Waals surface area contributed by atoms with E-state index in [1.165, 1.54) is 7.11 Å². The lowest BCUT2D eigenvalue weighted by Crippen LogP contribution is -2.01. The molecule has 0 aliphatic heterocycles. The molecule has 4 heteroatoms. The average Bonchev–Trinajstić information content (AvgIpc) is 2.84. The van der Waals surface area contributed by atoms with Crippen molar-refractivity contribution >= 4 is 16.9 Å². The number of nitrogens with zero attached hydrogens (tertiary/aromatic N) is 2. The molecule has 0 N–H and O–H groups in total. The summed E-state index contributed by atoms with van der Waals surface area (Å²) in [5.41, 5.74) is 3.41. The van der Waals surface area contributed by atoms with Crippen LogP contribution in [0.15, 0.2) is 48.5 Å². The van der Waals surface area contributed by atoms with E-state index in [1.807, 2.05) is 43.4 Å². The number of esters is 1. The van der Waals surface area contributed by atoms with E-state index in [9.17, 15) is 4.79 Å². The van der Waals surface area contributed by atoms with Gasteiger partial charge in [0, 0.05) is 18.0 Å². The van der Waals surface area contributed by atoms with Crippen molar-refractivity contribution in [3.8, 4) is 11.3 Å². The highest BCUT2D eigenvalue weighted by Gasteiger charge is 2.13. The van der Waals surface area contributed by atoms with E-state index >= 15 is 0 Å². The molecule has 0 saturated heterocycles. The lowest BCUT2D eigenvalue weighted by Gasteiger charge is -2.00. The van der Waals surface area contributed by atoms with Crippen LogP contribution in [0.1, 0.15) is 10.4 Å². The molecular weight excluding hydrogens is 252 g/mol. The summed E-state index contributed by atoms with van der Waals surface area (Å²) in [6, 6.07) is 15.5. The molecule has 0 bridgehead atoms. The van der Waals surface area contributed by atoms with Crippen molar-refractivity contribution in [2.75, 3.05) is 7.11 Å². The summed E-state index contributed by atoms with van der Waals surface area (Å²) in [5.74, 6) is -0.339. The Kier molecular flexibility index (Phi) is 2.99. The minimum absolute atomic E-state index is 0.339. The Balaban J connectivity index is 2.20. The molecule has 0 radical (unpaired) electrons. The van der Waals surface area contributed by atoms with Gasteiger partial charge in [0.1, 0.15) is 5.69 Å². The third kappa shape index (κ3) is 1.95. The van der Waals surface area contributed by atoms with Gasteiger partial charge in [-0.1, -0.05) is 30.3 Å². The van der Waals surface area contributed by atoms with Crippen LogP contribution in [0.2, 0.25) is 0 Å². The maximum Gasteiger partial charge on any atom is 0.337 e. The molecule has 1 heterocycles. The average molecular weight is 266 g/mol. The van der Waals surface area contributed by atoms with E-state index in [-0.39, 0.29) is 5.97 Å². The first-order valence-electron chi connectivity index (χ1n) is 6.31. The molecule has 1 aromatic heterocycles. The summed E-state index contributed by atoms with van der Waals surface area (Å²) in [5, 5.41) is 5.57. The first-order chi connectivity index (χ1) is 9.70. The quantitative estimate of drug-likeness (QED) is 0.670. The van der Waals surface area contributed by atoms with Gasteiger partial charge < -0.3 is 4.74 Å². The van der Waals surface area contributed by atoms with Crippen molar-refractivity contribution in [1.29, 1.82) is 0 Å². The number of benzene rings is 2. The van der Waals surface area contributed by atoms with Gasteiger partial charge in [-0.05, 0) is 18.2 Å². The fourth-order valence-corrected chi connectivity index (χ4v) is 2.31. The van der Waals surface area contributed by atoms with Gasteiger partial charge in [0.05, 0.1) is 18.2 Å². The molecule has 2 aromatic carbocycles. The van der Waals surface area contributed by atoms with E-state index in [4.69, 9.17) is 4.74 Å². The Morgan fingerprint density at radius 1 is 1.15 bits per heavy atom. The van der Waals surface area contributed by atoms with Crippen molar-refractivity contribution in [3.63, 3.8) is 0 Å². The third-order valence-electron chi connectivity index (χ3n) is 3.32. The van der Waals surface area contributed by atoms with Gasteiger partial charge in [-0.15, -0.1) is 0 Å². The second-order valence-electron chi connectivity index (χ2n) is 4.56. The maximum atomic E-state index is 11.6. The first-order valence-corrected chi connectivity index (χ1v) is 6.31. The van der Waals surface area contributed by atoms with Crippen molar-refractivity contribution in [1.82, 2.24) is 9.78 Å². The summed E-state index contributed by atoms with van der Waals surface area (Å²) in [6.07, 6.45) is 0. The van der Waals surface area contributed by atoms with Crippen LogP contribution >= 0.6 is 0 Å². The number of rotatable bonds is 2. The van der Waals surface area contributed by atoms with Gasteiger partial charge in [0.15, 0.2) is 0 Å². The Morgan fingerprint density at radius 2 is 1.90 bits per heavy atom. The van der Waals surface area contributed by atoms with E-state index in [1.54, 1.807) is 16.8 Å². The number of methoxy groups -OCH3 is 1. The van der Waals surface area contributed by atoms with Crippen molar-refractivity contribution in [2.45, 2.75) is 0 Å². The topological polar surface area (TPSA) is 44.1 Å². The summed E-state index contributed by atoms with van der Waals surface area (Å²) >= 11 is 0. The highest BCUT2D eigenvalue weighted by Crippen LogP contribution is 2.28. The second kappa shape index (κ2) is 4.81. The van der Waals surface area contributed by atoms with E-state index in [0.29, 0.717) is 5.56 Å². The standard InChI is InChI=1S/C16H14N2O2/c1-18-14-10-12(16(19)20-2)8-9-13(14)15(17-18)11-6-4-3-5-7-11/h3-10H,1-2H3. The van der Waals surface area contributed by atoms with Crippen LogP contribution in [-0.4, -0.2) is 22.9 Å². The molecule has 0 aliphatic rings. The van der Waals surface area contributed by atoms with Crippen LogP contribution in [0.4, 0.5) is 0 Å².